The number of hydrogen-bond acceptors (Lipinski definition) is 4. The number of ether oxygens (including phenoxy) is 1. The standard InChI is InChI=1S/C14H22BClN2O3/c1-13(2)14(3,4)21-15(20-13)12-10(16)9-17-18(12)11-7-5-6-8-19-11/h9,11H,5-8H2,1-4H3. The molecule has 2 aliphatic rings. The summed E-state index contributed by atoms with van der Waals surface area (Å²) in [4.78, 5) is 0. The monoisotopic (exact) mass is 312 g/mol. The predicted molar refractivity (Wildman–Crippen MR) is 81.8 cm³/mol. The second kappa shape index (κ2) is 5.27. The maximum absolute atomic E-state index is 6.33. The van der Waals surface area contributed by atoms with Crippen LogP contribution < -0.4 is 5.59 Å². The van der Waals surface area contributed by atoms with Crippen LogP contribution in [0.25, 0.3) is 0 Å². The number of hydrogen-bond donors (Lipinski definition) is 0. The number of nitrogens with zero attached hydrogens (tertiary/aromatic N) is 2. The van der Waals surface area contributed by atoms with Crippen LogP contribution in [0.4, 0.5) is 0 Å². The summed E-state index contributed by atoms with van der Waals surface area (Å²) in [6.07, 6.45) is 4.72. The molecule has 3 heterocycles. The highest BCUT2D eigenvalue weighted by Gasteiger charge is 2.53. The topological polar surface area (TPSA) is 45.5 Å². The van der Waals surface area contributed by atoms with E-state index < -0.39 is 18.3 Å². The molecular formula is C14H22BClN2O3. The third kappa shape index (κ3) is 2.63. The molecule has 0 spiro atoms. The molecule has 7 heteroatoms. The smallest absolute Gasteiger partial charge is 0.398 e. The lowest BCUT2D eigenvalue weighted by Gasteiger charge is -2.32. The maximum atomic E-state index is 6.33. The van der Waals surface area contributed by atoms with E-state index >= 15 is 0 Å². The van der Waals surface area contributed by atoms with Crippen molar-refractivity contribution in [2.45, 2.75) is 64.4 Å². The van der Waals surface area contributed by atoms with Gasteiger partial charge >= 0.3 is 7.12 Å². The van der Waals surface area contributed by atoms with Crippen molar-refractivity contribution in [3.63, 3.8) is 0 Å². The molecule has 116 valence electrons. The highest BCUT2D eigenvalue weighted by Crippen LogP contribution is 2.37. The van der Waals surface area contributed by atoms with Gasteiger partial charge in [-0.05, 0) is 47.0 Å². The molecule has 21 heavy (non-hydrogen) atoms. The van der Waals surface area contributed by atoms with Crippen LogP contribution in [0.1, 0.15) is 53.2 Å². The zero-order chi connectivity index (χ0) is 15.3. The van der Waals surface area contributed by atoms with Crippen LogP contribution in [0, 0.1) is 0 Å². The van der Waals surface area contributed by atoms with Crippen molar-refractivity contribution in [1.82, 2.24) is 9.78 Å². The van der Waals surface area contributed by atoms with Gasteiger partial charge in [-0.25, -0.2) is 4.68 Å². The van der Waals surface area contributed by atoms with Gasteiger partial charge in [-0.15, -0.1) is 0 Å². The van der Waals surface area contributed by atoms with Crippen LogP contribution in [0.2, 0.25) is 5.02 Å². The Hall–Kier alpha value is -0.555. The minimum Gasteiger partial charge on any atom is -0.398 e. The Labute approximate surface area is 131 Å². The molecule has 0 saturated carbocycles. The van der Waals surface area contributed by atoms with Gasteiger partial charge in [0.05, 0.1) is 28.0 Å². The molecule has 2 fully saturated rings. The third-order valence-corrected chi connectivity index (χ3v) is 4.98. The van der Waals surface area contributed by atoms with E-state index in [2.05, 4.69) is 5.10 Å². The molecule has 0 N–H and O–H groups in total. The molecule has 0 bridgehead atoms. The summed E-state index contributed by atoms with van der Waals surface area (Å²) in [5.41, 5.74) is -0.0465. The molecule has 1 unspecified atom stereocenters. The predicted octanol–water partition coefficient (Wildman–Crippen LogP) is 2.53. The molecule has 1 aromatic rings. The van der Waals surface area contributed by atoms with Gasteiger partial charge in [0.1, 0.15) is 6.23 Å². The van der Waals surface area contributed by atoms with Crippen molar-refractivity contribution in [3.8, 4) is 0 Å². The lowest BCUT2D eigenvalue weighted by molar-refractivity contribution is -0.0379. The molecule has 3 rings (SSSR count). The second-order valence-electron chi connectivity index (χ2n) is 6.73. The number of aromatic nitrogens is 2. The van der Waals surface area contributed by atoms with Crippen molar-refractivity contribution in [3.05, 3.63) is 11.2 Å². The Morgan fingerprint density at radius 1 is 1.24 bits per heavy atom. The highest BCUT2D eigenvalue weighted by atomic mass is 35.5. The number of halogens is 1. The van der Waals surface area contributed by atoms with E-state index in [1.165, 1.54) is 0 Å². The summed E-state index contributed by atoms with van der Waals surface area (Å²) in [5.74, 6) is 0. The molecule has 1 aromatic heterocycles. The van der Waals surface area contributed by atoms with Crippen LogP contribution in [-0.2, 0) is 14.0 Å². The highest BCUT2D eigenvalue weighted by molar-refractivity contribution is 6.64. The van der Waals surface area contributed by atoms with E-state index in [0.29, 0.717) is 5.02 Å². The van der Waals surface area contributed by atoms with E-state index in [1.807, 2.05) is 32.4 Å². The lowest BCUT2D eigenvalue weighted by atomic mass is 9.84. The summed E-state index contributed by atoms with van der Waals surface area (Å²) in [5, 5.41) is 4.94. The molecule has 0 aliphatic carbocycles. The Balaban J connectivity index is 1.91. The Kier molecular flexibility index (Phi) is 3.85. The van der Waals surface area contributed by atoms with Gasteiger partial charge in [-0.2, -0.15) is 5.10 Å². The fraction of sp³-hybridized carbons (Fsp3) is 0.786. The first-order valence-corrected chi connectivity index (χ1v) is 7.90. The summed E-state index contributed by atoms with van der Waals surface area (Å²) in [6.45, 7) is 8.86. The van der Waals surface area contributed by atoms with Gasteiger partial charge < -0.3 is 14.0 Å². The third-order valence-electron chi connectivity index (χ3n) is 4.69. The van der Waals surface area contributed by atoms with E-state index in [0.717, 1.165) is 31.5 Å². The molecule has 1 atom stereocenters. The SMILES string of the molecule is CC1(C)OB(c2c(Cl)cnn2C2CCCCO2)OC1(C)C. The average molecular weight is 313 g/mol. The van der Waals surface area contributed by atoms with Gasteiger partial charge in [0.15, 0.2) is 0 Å². The van der Waals surface area contributed by atoms with E-state index in [4.69, 9.17) is 25.6 Å². The zero-order valence-electron chi connectivity index (χ0n) is 13.1. The molecule has 2 aliphatic heterocycles. The number of rotatable bonds is 2. The zero-order valence-corrected chi connectivity index (χ0v) is 13.8. The van der Waals surface area contributed by atoms with Gasteiger partial charge in [-0.1, -0.05) is 11.6 Å². The van der Waals surface area contributed by atoms with Crippen molar-refractivity contribution in [1.29, 1.82) is 0 Å². The molecule has 0 radical (unpaired) electrons. The molecule has 5 nitrogen and oxygen atoms in total. The molecular weight excluding hydrogens is 290 g/mol. The summed E-state index contributed by atoms with van der Waals surface area (Å²) in [6, 6.07) is 0. The van der Waals surface area contributed by atoms with Gasteiger partial charge in [0.2, 0.25) is 0 Å². The van der Waals surface area contributed by atoms with Crippen LogP contribution >= 0.6 is 11.6 Å². The van der Waals surface area contributed by atoms with Gasteiger partial charge in [0.25, 0.3) is 0 Å². The normalized spacial score (nSPS) is 28.0. The largest absolute Gasteiger partial charge is 0.515 e. The summed E-state index contributed by atoms with van der Waals surface area (Å²) in [7, 11) is -0.518. The summed E-state index contributed by atoms with van der Waals surface area (Å²) >= 11 is 6.33. The van der Waals surface area contributed by atoms with Crippen molar-refractivity contribution in [2.75, 3.05) is 6.61 Å². The fourth-order valence-electron chi connectivity index (χ4n) is 2.67. The maximum Gasteiger partial charge on any atom is 0.515 e. The quantitative estimate of drug-likeness (QED) is 0.787. The minimum absolute atomic E-state index is 0.0831. The van der Waals surface area contributed by atoms with Gasteiger partial charge in [-0.3, -0.25) is 0 Å². The second-order valence-corrected chi connectivity index (χ2v) is 7.14. The van der Waals surface area contributed by atoms with E-state index in [-0.39, 0.29) is 6.23 Å². The van der Waals surface area contributed by atoms with Gasteiger partial charge in [0, 0.05) is 6.61 Å². The van der Waals surface area contributed by atoms with Crippen LogP contribution in [0.3, 0.4) is 0 Å². The van der Waals surface area contributed by atoms with Crippen molar-refractivity contribution >= 4 is 24.3 Å². The summed E-state index contributed by atoms with van der Waals surface area (Å²) < 4.78 is 19.8. The van der Waals surface area contributed by atoms with Crippen molar-refractivity contribution in [2.24, 2.45) is 0 Å². The molecule has 2 saturated heterocycles. The first-order valence-electron chi connectivity index (χ1n) is 7.52. The van der Waals surface area contributed by atoms with E-state index in [1.54, 1.807) is 6.20 Å². The lowest BCUT2D eigenvalue weighted by Crippen LogP contribution is -2.42. The first-order chi connectivity index (χ1) is 9.82. The first kappa shape index (κ1) is 15.3. The Bertz CT molecular complexity index is 510. The van der Waals surface area contributed by atoms with E-state index in [9.17, 15) is 0 Å². The Morgan fingerprint density at radius 3 is 2.48 bits per heavy atom. The molecule has 0 amide bonds. The van der Waals surface area contributed by atoms with Crippen LogP contribution in [-0.4, -0.2) is 34.7 Å². The Morgan fingerprint density at radius 2 is 1.90 bits per heavy atom. The molecule has 0 aromatic carbocycles. The average Bonchev–Trinajstić information content (AvgIpc) is 2.89. The minimum atomic E-state index is -0.518. The van der Waals surface area contributed by atoms with Crippen LogP contribution in [0.5, 0.6) is 0 Å². The van der Waals surface area contributed by atoms with Crippen molar-refractivity contribution < 1.29 is 14.0 Å². The fourth-order valence-corrected chi connectivity index (χ4v) is 2.89. The van der Waals surface area contributed by atoms with Crippen LogP contribution in [0.15, 0.2) is 6.20 Å².